The molecule has 3 nitrogen and oxygen atoms in total. The number of hydrogen-bond acceptors (Lipinski definition) is 3. The number of aryl methyl sites for hydroxylation is 1. The van der Waals surface area contributed by atoms with Crippen molar-refractivity contribution < 1.29 is 9.53 Å². The highest BCUT2D eigenvalue weighted by Crippen LogP contribution is 2.31. The van der Waals surface area contributed by atoms with Gasteiger partial charge in [-0.1, -0.05) is 15.9 Å². The van der Waals surface area contributed by atoms with E-state index in [1.807, 2.05) is 19.9 Å². The lowest BCUT2D eigenvalue weighted by atomic mass is 10.0. The molecule has 4 heteroatoms. The molecule has 0 heterocycles. The molecule has 0 aliphatic rings. The molecule has 0 radical (unpaired) electrons. The molecule has 1 aromatic rings. The standard InChI is InChI=1S/C11H14BrNO2/c1-6-4-9(15-3)10(8(14)5-13)7(2)11(6)12/h4H,5,13H2,1-3H3. The summed E-state index contributed by atoms with van der Waals surface area (Å²) >= 11 is 3.44. The van der Waals surface area contributed by atoms with Crippen LogP contribution in [-0.4, -0.2) is 19.4 Å². The molecule has 0 spiro atoms. The molecule has 0 unspecified atom stereocenters. The van der Waals surface area contributed by atoms with Crippen LogP contribution < -0.4 is 10.5 Å². The second-order valence-electron chi connectivity index (χ2n) is 3.34. The van der Waals surface area contributed by atoms with Crippen LogP contribution in [0.4, 0.5) is 0 Å². The fourth-order valence-corrected chi connectivity index (χ4v) is 1.84. The maximum atomic E-state index is 11.7. The highest BCUT2D eigenvalue weighted by Gasteiger charge is 2.17. The number of carbonyl (C=O) groups is 1. The van der Waals surface area contributed by atoms with Crippen LogP contribution in [0.5, 0.6) is 5.75 Å². The molecule has 82 valence electrons. The van der Waals surface area contributed by atoms with E-state index in [0.29, 0.717) is 11.3 Å². The van der Waals surface area contributed by atoms with E-state index >= 15 is 0 Å². The summed E-state index contributed by atoms with van der Waals surface area (Å²) in [5.74, 6) is 0.480. The molecule has 0 fully saturated rings. The Morgan fingerprint density at radius 3 is 2.60 bits per heavy atom. The summed E-state index contributed by atoms with van der Waals surface area (Å²) in [6, 6.07) is 1.83. The summed E-state index contributed by atoms with van der Waals surface area (Å²) in [6.07, 6.45) is 0. The molecule has 0 atom stereocenters. The van der Waals surface area contributed by atoms with Crippen molar-refractivity contribution in [1.29, 1.82) is 0 Å². The van der Waals surface area contributed by atoms with Gasteiger partial charge in [-0.3, -0.25) is 4.79 Å². The number of halogens is 1. The predicted octanol–water partition coefficient (Wildman–Crippen LogP) is 2.22. The Morgan fingerprint density at radius 2 is 2.13 bits per heavy atom. The van der Waals surface area contributed by atoms with Gasteiger partial charge in [0.15, 0.2) is 5.78 Å². The van der Waals surface area contributed by atoms with Gasteiger partial charge in [-0.2, -0.15) is 0 Å². The van der Waals surface area contributed by atoms with Gasteiger partial charge < -0.3 is 10.5 Å². The highest BCUT2D eigenvalue weighted by molar-refractivity contribution is 9.10. The van der Waals surface area contributed by atoms with Gasteiger partial charge in [0.05, 0.1) is 19.2 Å². The van der Waals surface area contributed by atoms with Gasteiger partial charge in [-0.05, 0) is 31.0 Å². The predicted molar refractivity (Wildman–Crippen MR) is 63.6 cm³/mol. The number of nitrogens with two attached hydrogens (primary N) is 1. The second-order valence-corrected chi connectivity index (χ2v) is 4.13. The molecular weight excluding hydrogens is 258 g/mol. The first-order valence-electron chi connectivity index (χ1n) is 4.59. The first-order valence-corrected chi connectivity index (χ1v) is 5.39. The quantitative estimate of drug-likeness (QED) is 0.858. The van der Waals surface area contributed by atoms with Crippen molar-refractivity contribution in [3.05, 3.63) is 27.2 Å². The van der Waals surface area contributed by atoms with Crippen LogP contribution in [0.3, 0.4) is 0 Å². The van der Waals surface area contributed by atoms with Gasteiger partial charge in [0, 0.05) is 4.47 Å². The SMILES string of the molecule is COc1cc(C)c(Br)c(C)c1C(=O)CN. The number of carbonyl (C=O) groups excluding carboxylic acids is 1. The summed E-state index contributed by atoms with van der Waals surface area (Å²) in [6.45, 7) is 3.82. The van der Waals surface area contributed by atoms with E-state index in [1.54, 1.807) is 7.11 Å². The number of ketones is 1. The van der Waals surface area contributed by atoms with Crippen LogP contribution in [0.15, 0.2) is 10.5 Å². The summed E-state index contributed by atoms with van der Waals surface area (Å²) in [4.78, 5) is 11.7. The van der Waals surface area contributed by atoms with Crippen molar-refractivity contribution in [2.45, 2.75) is 13.8 Å². The number of methoxy groups -OCH3 is 1. The molecule has 0 saturated heterocycles. The zero-order valence-corrected chi connectivity index (χ0v) is 10.6. The van der Waals surface area contributed by atoms with Crippen LogP contribution in [-0.2, 0) is 0 Å². The maximum Gasteiger partial charge on any atom is 0.180 e. The number of hydrogen-bond donors (Lipinski definition) is 1. The number of ether oxygens (including phenoxy) is 1. The third kappa shape index (κ3) is 2.21. The van der Waals surface area contributed by atoms with Gasteiger partial charge in [0.25, 0.3) is 0 Å². The fourth-order valence-electron chi connectivity index (χ4n) is 1.53. The molecule has 0 aliphatic heterocycles. The number of benzene rings is 1. The van der Waals surface area contributed by atoms with Crippen LogP contribution >= 0.6 is 15.9 Å². The Kier molecular flexibility index (Phi) is 3.88. The first kappa shape index (κ1) is 12.2. The third-order valence-electron chi connectivity index (χ3n) is 2.33. The van der Waals surface area contributed by atoms with Crippen molar-refractivity contribution in [2.75, 3.05) is 13.7 Å². The number of rotatable bonds is 3. The second kappa shape index (κ2) is 4.77. The normalized spacial score (nSPS) is 10.2. The fraction of sp³-hybridized carbons (Fsp3) is 0.364. The molecular formula is C11H14BrNO2. The summed E-state index contributed by atoms with van der Waals surface area (Å²) in [7, 11) is 1.55. The van der Waals surface area contributed by atoms with Crippen LogP contribution in [0, 0.1) is 13.8 Å². The van der Waals surface area contributed by atoms with Crippen molar-refractivity contribution in [1.82, 2.24) is 0 Å². The van der Waals surface area contributed by atoms with Gasteiger partial charge in [-0.25, -0.2) is 0 Å². The zero-order chi connectivity index (χ0) is 11.6. The summed E-state index contributed by atoms with van der Waals surface area (Å²) < 4.78 is 6.12. The van der Waals surface area contributed by atoms with E-state index in [1.165, 1.54) is 0 Å². The maximum absolute atomic E-state index is 11.7. The molecule has 0 aromatic heterocycles. The van der Waals surface area contributed by atoms with E-state index in [4.69, 9.17) is 10.5 Å². The Labute approximate surface area is 97.7 Å². The molecule has 15 heavy (non-hydrogen) atoms. The van der Waals surface area contributed by atoms with Crippen molar-refractivity contribution in [3.63, 3.8) is 0 Å². The number of Topliss-reactive ketones (excluding diaryl/α,β-unsaturated/α-hetero) is 1. The smallest absolute Gasteiger partial charge is 0.180 e. The Hall–Kier alpha value is -0.870. The van der Waals surface area contributed by atoms with Gasteiger partial charge >= 0.3 is 0 Å². The molecule has 1 rings (SSSR count). The molecule has 0 amide bonds. The van der Waals surface area contributed by atoms with E-state index in [2.05, 4.69) is 15.9 Å². The lowest BCUT2D eigenvalue weighted by Crippen LogP contribution is -2.16. The lowest BCUT2D eigenvalue weighted by Gasteiger charge is -2.13. The van der Waals surface area contributed by atoms with Crippen LogP contribution in [0.1, 0.15) is 21.5 Å². The zero-order valence-electron chi connectivity index (χ0n) is 9.06. The first-order chi connectivity index (χ1) is 7.02. The largest absolute Gasteiger partial charge is 0.496 e. The minimum absolute atomic E-state index is 0.00724. The van der Waals surface area contributed by atoms with E-state index in [0.717, 1.165) is 15.6 Å². The Balaban J connectivity index is 3.47. The van der Waals surface area contributed by atoms with E-state index in [9.17, 15) is 4.79 Å². The Morgan fingerprint density at radius 1 is 1.53 bits per heavy atom. The molecule has 0 bridgehead atoms. The minimum atomic E-state index is -0.106. The van der Waals surface area contributed by atoms with Gasteiger partial charge in [-0.15, -0.1) is 0 Å². The minimum Gasteiger partial charge on any atom is -0.496 e. The van der Waals surface area contributed by atoms with Gasteiger partial charge in [0.1, 0.15) is 5.75 Å². The van der Waals surface area contributed by atoms with Gasteiger partial charge in [0.2, 0.25) is 0 Å². The third-order valence-corrected chi connectivity index (χ3v) is 3.55. The molecule has 2 N–H and O–H groups in total. The molecule has 0 aliphatic carbocycles. The van der Waals surface area contributed by atoms with Crippen molar-refractivity contribution >= 4 is 21.7 Å². The van der Waals surface area contributed by atoms with Crippen molar-refractivity contribution in [3.8, 4) is 5.75 Å². The van der Waals surface area contributed by atoms with Crippen molar-refractivity contribution in [2.24, 2.45) is 5.73 Å². The molecule has 0 saturated carbocycles. The summed E-state index contributed by atoms with van der Waals surface area (Å²) in [5.41, 5.74) is 7.85. The average molecular weight is 272 g/mol. The average Bonchev–Trinajstić information content (AvgIpc) is 2.24. The van der Waals surface area contributed by atoms with E-state index in [-0.39, 0.29) is 12.3 Å². The van der Waals surface area contributed by atoms with E-state index < -0.39 is 0 Å². The van der Waals surface area contributed by atoms with Crippen LogP contribution in [0.2, 0.25) is 0 Å². The topological polar surface area (TPSA) is 52.3 Å². The monoisotopic (exact) mass is 271 g/mol. The lowest BCUT2D eigenvalue weighted by molar-refractivity contribution is 0.0998. The highest BCUT2D eigenvalue weighted by atomic mass is 79.9. The molecule has 1 aromatic carbocycles. The summed E-state index contributed by atoms with van der Waals surface area (Å²) in [5, 5.41) is 0. The van der Waals surface area contributed by atoms with Crippen LogP contribution in [0.25, 0.3) is 0 Å². The Bertz CT molecular complexity index is 402.